The Labute approximate surface area is 185 Å². The maximum atomic E-state index is 12.9. The third kappa shape index (κ3) is 4.56. The standard InChI is InChI=1S/C23H21NO6.ClH/c1-28-21-9-15-8-16(23(27)18(15)11-22(21)29-2)7-14-3-5-24(6-4-14)12-17-10-19(25)20(26)13-30-17;/h3,5-7,9-11,13,16H,4,8,12H2,1-2H3;1H. The van der Waals surface area contributed by atoms with Gasteiger partial charge in [-0.1, -0.05) is 6.08 Å². The summed E-state index contributed by atoms with van der Waals surface area (Å²) in [6, 6.07) is 4.91. The molecule has 2 aliphatic rings. The summed E-state index contributed by atoms with van der Waals surface area (Å²) < 4.78 is 17.8. The summed E-state index contributed by atoms with van der Waals surface area (Å²) in [6.07, 6.45) is 10.1. The molecule has 2 aromatic rings. The quantitative estimate of drug-likeness (QED) is 0.646. The van der Waals surface area contributed by atoms with Crippen LogP contribution in [0.5, 0.6) is 17.2 Å². The van der Waals surface area contributed by atoms with E-state index in [1.165, 1.54) is 6.07 Å². The normalized spacial score (nSPS) is 18.4. The van der Waals surface area contributed by atoms with E-state index in [1.54, 1.807) is 20.3 Å². The van der Waals surface area contributed by atoms with Gasteiger partial charge in [0, 0.05) is 23.6 Å². The Bertz CT molecular complexity index is 1160. The van der Waals surface area contributed by atoms with Crippen molar-refractivity contribution in [2.45, 2.75) is 19.4 Å². The third-order valence-electron chi connectivity index (χ3n) is 5.31. The lowest BCUT2D eigenvalue weighted by molar-refractivity contribution is -0.474. The molecule has 0 saturated heterocycles. The fraction of sp³-hybridized carbons (Fsp3) is 0.261. The van der Waals surface area contributed by atoms with Gasteiger partial charge in [-0.3, -0.25) is 9.59 Å². The molecule has 0 fully saturated rings. The Balaban J connectivity index is 0.00000272. The average molecular weight is 444 g/mol. The van der Waals surface area contributed by atoms with Gasteiger partial charge in [-0.05, 0) is 29.7 Å². The van der Waals surface area contributed by atoms with E-state index in [-0.39, 0.29) is 24.1 Å². The van der Waals surface area contributed by atoms with Crippen molar-refractivity contribution in [3.05, 3.63) is 75.5 Å². The van der Waals surface area contributed by atoms with E-state index in [0.29, 0.717) is 42.2 Å². The topological polar surface area (TPSA) is 89.0 Å². The smallest absolute Gasteiger partial charge is 0.227 e. The van der Waals surface area contributed by atoms with Crippen LogP contribution in [-0.4, -0.2) is 35.9 Å². The summed E-state index contributed by atoms with van der Waals surface area (Å²) in [5, 5.41) is 9.27. The summed E-state index contributed by atoms with van der Waals surface area (Å²) in [7, 11) is 3.14. The molecule has 7 nitrogen and oxygen atoms in total. The average Bonchev–Trinajstić information content (AvgIpc) is 3.05. The minimum Gasteiger partial charge on any atom is -1.00 e. The van der Waals surface area contributed by atoms with Gasteiger partial charge in [-0.25, -0.2) is 4.58 Å². The van der Waals surface area contributed by atoms with E-state index in [1.807, 2.05) is 35.2 Å². The van der Waals surface area contributed by atoms with Crippen molar-refractivity contribution in [3.8, 4) is 17.2 Å². The highest BCUT2D eigenvalue weighted by atomic mass is 35.5. The van der Waals surface area contributed by atoms with Gasteiger partial charge in [-0.2, -0.15) is 0 Å². The molecular weight excluding hydrogens is 422 g/mol. The van der Waals surface area contributed by atoms with Crippen molar-refractivity contribution in [3.63, 3.8) is 0 Å². The minimum atomic E-state index is -0.467. The SMILES string of the molecule is COc1cc2c(cc1OC)C(=O)C(C=C1C=C[N+](Cc3cc(=O)c(O)co3)=CC1)C2.[Cl-]. The zero-order chi connectivity index (χ0) is 21.3. The molecule has 0 bridgehead atoms. The van der Waals surface area contributed by atoms with E-state index < -0.39 is 11.2 Å². The third-order valence-corrected chi connectivity index (χ3v) is 5.31. The second-order valence-electron chi connectivity index (χ2n) is 7.25. The Morgan fingerprint density at radius 2 is 1.94 bits per heavy atom. The maximum Gasteiger partial charge on any atom is 0.227 e. The number of halogens is 1. The van der Waals surface area contributed by atoms with E-state index in [4.69, 9.17) is 13.9 Å². The van der Waals surface area contributed by atoms with Gasteiger partial charge in [0.25, 0.3) is 0 Å². The molecular formula is C23H22ClNO6. The number of aromatic hydroxyl groups is 1. The van der Waals surface area contributed by atoms with Crippen LogP contribution >= 0.6 is 0 Å². The van der Waals surface area contributed by atoms with Gasteiger partial charge in [0.1, 0.15) is 12.5 Å². The van der Waals surface area contributed by atoms with E-state index in [0.717, 1.165) is 17.4 Å². The van der Waals surface area contributed by atoms with E-state index in [9.17, 15) is 14.7 Å². The van der Waals surface area contributed by atoms with Crippen molar-refractivity contribution in [1.29, 1.82) is 0 Å². The number of ketones is 1. The van der Waals surface area contributed by atoms with Gasteiger partial charge in [0.05, 0.1) is 20.6 Å². The first-order valence-corrected chi connectivity index (χ1v) is 9.56. The summed E-state index contributed by atoms with van der Waals surface area (Å²) >= 11 is 0. The zero-order valence-electron chi connectivity index (χ0n) is 17.1. The highest BCUT2D eigenvalue weighted by molar-refractivity contribution is 6.04. The maximum absolute atomic E-state index is 12.9. The number of allylic oxidation sites excluding steroid dienone is 3. The molecule has 0 spiro atoms. The Kier molecular flexibility index (Phi) is 6.65. The molecule has 1 N–H and O–H groups in total. The van der Waals surface area contributed by atoms with Crippen LogP contribution < -0.4 is 27.3 Å². The number of rotatable bonds is 5. The zero-order valence-corrected chi connectivity index (χ0v) is 17.9. The van der Waals surface area contributed by atoms with E-state index in [2.05, 4.69) is 0 Å². The molecule has 8 heteroatoms. The molecule has 0 radical (unpaired) electrons. The van der Waals surface area contributed by atoms with Crippen LogP contribution in [-0.2, 0) is 13.0 Å². The Hall–Kier alpha value is -3.32. The van der Waals surface area contributed by atoms with E-state index >= 15 is 0 Å². The summed E-state index contributed by atoms with van der Waals surface area (Å²) in [4.78, 5) is 24.4. The molecule has 0 saturated carbocycles. The molecule has 162 valence electrons. The summed E-state index contributed by atoms with van der Waals surface area (Å²) in [5.74, 6) is 1.10. The van der Waals surface area contributed by atoms with Crippen LogP contribution in [0.25, 0.3) is 0 Å². The predicted molar refractivity (Wildman–Crippen MR) is 110 cm³/mol. The van der Waals surface area contributed by atoms with Crippen molar-refractivity contribution >= 4 is 12.0 Å². The molecule has 1 aromatic heterocycles. The number of fused-ring (bicyclic) bond motifs is 1. The van der Waals surface area contributed by atoms with Crippen molar-refractivity contribution in [1.82, 2.24) is 0 Å². The minimum absolute atomic E-state index is 0. The van der Waals surface area contributed by atoms with Gasteiger partial charge < -0.3 is 31.4 Å². The number of carbonyl (C=O) groups is 1. The van der Waals surface area contributed by atoms with Crippen LogP contribution in [0.1, 0.15) is 28.1 Å². The number of carbonyl (C=O) groups excluding carboxylic acids is 1. The number of benzene rings is 1. The van der Waals surface area contributed by atoms with Crippen LogP contribution in [0, 0.1) is 5.92 Å². The molecule has 1 atom stereocenters. The molecule has 2 heterocycles. The van der Waals surface area contributed by atoms with Crippen molar-refractivity contribution < 1.29 is 40.8 Å². The van der Waals surface area contributed by atoms with Crippen molar-refractivity contribution in [2.24, 2.45) is 5.92 Å². The number of Topliss-reactive ketones (excluding diaryl/α,β-unsaturated/α-hetero) is 1. The van der Waals surface area contributed by atoms with Crippen LogP contribution in [0.2, 0.25) is 0 Å². The van der Waals surface area contributed by atoms with Gasteiger partial charge in [-0.15, -0.1) is 0 Å². The largest absolute Gasteiger partial charge is 1.00 e. The second kappa shape index (κ2) is 9.22. The highest BCUT2D eigenvalue weighted by Gasteiger charge is 2.31. The molecule has 1 aliphatic heterocycles. The van der Waals surface area contributed by atoms with Crippen LogP contribution in [0.3, 0.4) is 0 Å². The molecule has 1 unspecified atom stereocenters. The number of hydrogen-bond acceptors (Lipinski definition) is 6. The Morgan fingerprint density at radius 3 is 2.58 bits per heavy atom. The Morgan fingerprint density at radius 1 is 1.19 bits per heavy atom. The molecule has 4 rings (SSSR count). The fourth-order valence-electron chi connectivity index (χ4n) is 3.73. The van der Waals surface area contributed by atoms with Gasteiger partial charge >= 0.3 is 0 Å². The van der Waals surface area contributed by atoms with Crippen LogP contribution in [0.15, 0.2) is 57.6 Å². The number of hydrogen-bond donors (Lipinski definition) is 1. The predicted octanol–water partition coefficient (Wildman–Crippen LogP) is -0.151. The number of nitrogens with zero attached hydrogens (tertiary/aromatic N) is 1. The first-order valence-electron chi connectivity index (χ1n) is 9.56. The lowest BCUT2D eigenvalue weighted by Crippen LogP contribution is -3.00. The first kappa shape index (κ1) is 22.4. The second-order valence-corrected chi connectivity index (χ2v) is 7.25. The number of ether oxygens (including phenoxy) is 2. The molecule has 0 amide bonds. The monoisotopic (exact) mass is 443 g/mol. The highest BCUT2D eigenvalue weighted by Crippen LogP contribution is 2.37. The van der Waals surface area contributed by atoms with Gasteiger partial charge in [0.2, 0.25) is 12.0 Å². The van der Waals surface area contributed by atoms with Crippen molar-refractivity contribution in [2.75, 3.05) is 14.2 Å². The fourth-order valence-corrected chi connectivity index (χ4v) is 3.73. The molecule has 31 heavy (non-hydrogen) atoms. The first-order chi connectivity index (χ1) is 14.5. The number of methoxy groups -OCH3 is 2. The molecule has 1 aliphatic carbocycles. The van der Waals surface area contributed by atoms with Gasteiger partial charge in [0.15, 0.2) is 35.0 Å². The summed E-state index contributed by atoms with van der Waals surface area (Å²) in [6.45, 7) is 0.382. The summed E-state index contributed by atoms with van der Waals surface area (Å²) in [5.41, 5.74) is 2.23. The lowest BCUT2D eigenvalue weighted by atomic mass is 9.99. The molecule has 1 aromatic carbocycles. The van der Waals surface area contributed by atoms with Crippen LogP contribution in [0.4, 0.5) is 0 Å². The lowest BCUT2D eigenvalue weighted by Gasteiger charge is -2.09.